The van der Waals surface area contributed by atoms with Crippen molar-refractivity contribution < 1.29 is 4.79 Å². The van der Waals surface area contributed by atoms with Gasteiger partial charge in [-0.25, -0.2) is 0 Å². The highest BCUT2D eigenvalue weighted by Gasteiger charge is 2.18. The summed E-state index contributed by atoms with van der Waals surface area (Å²) >= 11 is 0. The third kappa shape index (κ3) is 2.96. The summed E-state index contributed by atoms with van der Waals surface area (Å²) in [7, 11) is 0. The van der Waals surface area contributed by atoms with Gasteiger partial charge in [-0.1, -0.05) is 45.5 Å². The van der Waals surface area contributed by atoms with E-state index in [-0.39, 0.29) is 11.3 Å². The Labute approximate surface area is 97.4 Å². The molecule has 0 aliphatic rings. The van der Waals surface area contributed by atoms with Crippen LogP contribution in [-0.2, 0) is 10.2 Å². The first-order valence-corrected chi connectivity index (χ1v) is 5.39. The molecule has 0 aliphatic heterocycles. The molecule has 1 rings (SSSR count). The number of nitrogens with one attached hydrogen (secondary N) is 1. The Morgan fingerprint density at radius 1 is 1.25 bits per heavy atom. The van der Waals surface area contributed by atoms with Crippen LogP contribution < -0.4 is 5.32 Å². The summed E-state index contributed by atoms with van der Waals surface area (Å²) in [6, 6.07) is 7.86. The van der Waals surface area contributed by atoms with Crippen molar-refractivity contribution in [2.45, 2.75) is 33.1 Å². The molecule has 0 atom stereocenters. The molecule has 0 fully saturated rings. The van der Waals surface area contributed by atoms with Crippen molar-refractivity contribution in [3.63, 3.8) is 0 Å². The zero-order valence-electron chi connectivity index (χ0n) is 10.4. The van der Waals surface area contributed by atoms with Crippen molar-refractivity contribution in [2.24, 2.45) is 0 Å². The van der Waals surface area contributed by atoms with Crippen LogP contribution in [0.4, 0.5) is 5.69 Å². The number of benzene rings is 1. The summed E-state index contributed by atoms with van der Waals surface area (Å²) in [4.78, 5) is 11.6. The first kappa shape index (κ1) is 12.5. The number of para-hydroxylation sites is 1. The quantitative estimate of drug-likeness (QED) is 0.755. The Balaban J connectivity index is 3.05. The molecule has 0 spiro atoms. The van der Waals surface area contributed by atoms with Crippen molar-refractivity contribution in [3.8, 4) is 0 Å². The monoisotopic (exact) mass is 217 g/mol. The minimum atomic E-state index is -0.128. The Bertz CT molecular complexity index is 413. The molecule has 0 aliphatic carbocycles. The number of anilines is 1. The first-order valence-electron chi connectivity index (χ1n) is 5.39. The largest absolute Gasteiger partial charge is 0.322 e. The Morgan fingerprint density at radius 2 is 1.81 bits per heavy atom. The molecule has 0 aromatic heterocycles. The van der Waals surface area contributed by atoms with E-state index in [1.807, 2.05) is 24.3 Å². The van der Waals surface area contributed by atoms with Gasteiger partial charge in [0.15, 0.2) is 0 Å². The van der Waals surface area contributed by atoms with E-state index in [1.165, 1.54) is 0 Å². The molecule has 1 N–H and O–H groups in total. The van der Waals surface area contributed by atoms with Gasteiger partial charge in [-0.2, -0.15) is 0 Å². The lowest BCUT2D eigenvalue weighted by Crippen LogP contribution is -2.18. The summed E-state index contributed by atoms with van der Waals surface area (Å²) in [5.74, 6) is -0.128. The Hall–Kier alpha value is -1.57. The van der Waals surface area contributed by atoms with Gasteiger partial charge in [-0.05, 0) is 24.0 Å². The predicted molar refractivity (Wildman–Crippen MR) is 68.6 cm³/mol. The maximum absolute atomic E-state index is 11.6. The van der Waals surface area contributed by atoms with Gasteiger partial charge in [-0.3, -0.25) is 4.79 Å². The van der Waals surface area contributed by atoms with E-state index in [9.17, 15) is 4.79 Å². The second-order valence-electron chi connectivity index (χ2n) is 5.03. The molecule has 0 unspecified atom stereocenters. The highest BCUT2D eigenvalue weighted by molar-refractivity contribution is 6.03. The number of amides is 1. The van der Waals surface area contributed by atoms with Crippen LogP contribution in [0.3, 0.4) is 0 Å². The van der Waals surface area contributed by atoms with E-state index in [4.69, 9.17) is 0 Å². The molecule has 1 aromatic carbocycles. The average Bonchev–Trinajstić information content (AvgIpc) is 2.16. The molecular weight excluding hydrogens is 198 g/mol. The van der Waals surface area contributed by atoms with Gasteiger partial charge in [-0.15, -0.1) is 0 Å². The first-order chi connectivity index (χ1) is 7.32. The van der Waals surface area contributed by atoms with Crippen LogP contribution in [0.5, 0.6) is 0 Å². The van der Waals surface area contributed by atoms with Crippen molar-refractivity contribution in [1.82, 2.24) is 0 Å². The zero-order chi connectivity index (χ0) is 12.3. The molecular formula is C14H19NO. The normalized spacial score (nSPS) is 11.0. The number of rotatable bonds is 2. The predicted octanol–water partition coefficient (Wildman–Crippen LogP) is 3.50. The molecule has 16 heavy (non-hydrogen) atoms. The van der Waals surface area contributed by atoms with Crippen LogP contribution >= 0.6 is 0 Å². The minimum Gasteiger partial charge on any atom is -0.322 e. The van der Waals surface area contributed by atoms with Gasteiger partial charge in [0.2, 0.25) is 0 Å². The van der Waals surface area contributed by atoms with Gasteiger partial charge in [0.05, 0.1) is 0 Å². The highest BCUT2D eigenvalue weighted by Crippen LogP contribution is 2.29. The molecule has 86 valence electrons. The van der Waals surface area contributed by atoms with Gasteiger partial charge in [0.1, 0.15) is 0 Å². The van der Waals surface area contributed by atoms with E-state index in [1.54, 1.807) is 6.92 Å². The van der Waals surface area contributed by atoms with E-state index in [2.05, 4.69) is 32.7 Å². The number of carbonyl (C=O) groups excluding carboxylic acids is 1. The van der Waals surface area contributed by atoms with Crippen LogP contribution in [0.1, 0.15) is 33.3 Å². The molecule has 0 bridgehead atoms. The Kier molecular flexibility index (Phi) is 3.53. The van der Waals surface area contributed by atoms with Crippen LogP contribution in [0.15, 0.2) is 36.4 Å². The summed E-state index contributed by atoms with van der Waals surface area (Å²) in [5, 5.41) is 2.88. The van der Waals surface area contributed by atoms with Crippen LogP contribution in [-0.4, -0.2) is 5.91 Å². The summed E-state index contributed by atoms with van der Waals surface area (Å²) in [5.41, 5.74) is 2.52. The fourth-order valence-corrected chi connectivity index (χ4v) is 1.48. The fourth-order valence-electron chi connectivity index (χ4n) is 1.48. The summed E-state index contributed by atoms with van der Waals surface area (Å²) in [6.07, 6.45) is 0. The van der Waals surface area contributed by atoms with Crippen molar-refractivity contribution in [3.05, 3.63) is 42.0 Å². The maximum atomic E-state index is 11.6. The van der Waals surface area contributed by atoms with Crippen molar-refractivity contribution in [2.75, 3.05) is 5.32 Å². The molecule has 0 saturated heterocycles. The zero-order valence-corrected chi connectivity index (χ0v) is 10.4. The molecule has 1 amide bonds. The molecule has 2 nitrogen and oxygen atoms in total. The van der Waals surface area contributed by atoms with E-state index < -0.39 is 0 Å². The third-order valence-electron chi connectivity index (χ3n) is 2.37. The molecule has 0 heterocycles. The summed E-state index contributed by atoms with van der Waals surface area (Å²) in [6.45, 7) is 11.7. The highest BCUT2D eigenvalue weighted by atomic mass is 16.1. The van der Waals surface area contributed by atoms with Crippen molar-refractivity contribution >= 4 is 11.6 Å². The van der Waals surface area contributed by atoms with Gasteiger partial charge >= 0.3 is 0 Å². The van der Waals surface area contributed by atoms with Crippen LogP contribution in [0.25, 0.3) is 0 Å². The smallest absolute Gasteiger partial charge is 0.250 e. The lowest BCUT2D eigenvalue weighted by Gasteiger charge is -2.23. The molecule has 0 radical (unpaired) electrons. The van der Waals surface area contributed by atoms with E-state index in [0.29, 0.717) is 5.57 Å². The topological polar surface area (TPSA) is 29.1 Å². The maximum Gasteiger partial charge on any atom is 0.250 e. The van der Waals surface area contributed by atoms with Gasteiger partial charge < -0.3 is 5.32 Å². The van der Waals surface area contributed by atoms with Crippen LogP contribution in [0.2, 0.25) is 0 Å². The number of hydrogen-bond acceptors (Lipinski definition) is 1. The SMILES string of the molecule is C=C(C)C(=O)Nc1ccccc1C(C)(C)C. The molecule has 1 aromatic rings. The fraction of sp³-hybridized carbons (Fsp3) is 0.357. The van der Waals surface area contributed by atoms with Gasteiger partial charge in [0, 0.05) is 11.3 Å². The lowest BCUT2D eigenvalue weighted by atomic mass is 9.86. The standard InChI is InChI=1S/C14H19NO/c1-10(2)13(16)15-12-9-7-6-8-11(12)14(3,4)5/h6-9H,1H2,2-5H3,(H,15,16). The molecule has 0 saturated carbocycles. The summed E-state index contributed by atoms with van der Waals surface area (Å²) < 4.78 is 0. The van der Waals surface area contributed by atoms with E-state index >= 15 is 0 Å². The second kappa shape index (κ2) is 4.52. The third-order valence-corrected chi connectivity index (χ3v) is 2.37. The van der Waals surface area contributed by atoms with E-state index in [0.717, 1.165) is 11.3 Å². The lowest BCUT2D eigenvalue weighted by molar-refractivity contribution is -0.112. The Morgan fingerprint density at radius 3 is 2.31 bits per heavy atom. The average molecular weight is 217 g/mol. The van der Waals surface area contributed by atoms with Gasteiger partial charge in [0.25, 0.3) is 5.91 Å². The number of carbonyl (C=O) groups is 1. The molecule has 2 heteroatoms. The van der Waals surface area contributed by atoms with Crippen LogP contribution in [0, 0.1) is 0 Å². The minimum absolute atomic E-state index is 0.0128. The number of hydrogen-bond donors (Lipinski definition) is 1. The second-order valence-corrected chi connectivity index (χ2v) is 5.03. The van der Waals surface area contributed by atoms with Crippen molar-refractivity contribution in [1.29, 1.82) is 0 Å².